The molecule has 1 aliphatic carbocycles. The first-order chi connectivity index (χ1) is 20.0. The first-order valence-electron chi connectivity index (χ1n) is 14.5. The molecular weight excluding hydrogens is 514 g/mol. The molecule has 2 fully saturated rings. The van der Waals surface area contributed by atoms with E-state index in [1.54, 1.807) is 6.20 Å². The van der Waals surface area contributed by atoms with E-state index in [1.165, 1.54) is 5.56 Å². The van der Waals surface area contributed by atoms with Gasteiger partial charge in [-0.3, -0.25) is 14.4 Å². The lowest BCUT2D eigenvalue weighted by molar-refractivity contribution is -0.117. The summed E-state index contributed by atoms with van der Waals surface area (Å²) in [6, 6.07) is 18.4. The SMILES string of the molecule is CC(C)n1cc(-c2ccnc(Nc3cccc(CCN4CCOCC4)c3)n2)c(-c2ccc(NC(=O)C3CC3)cc2)n1. The maximum Gasteiger partial charge on any atom is 0.227 e. The normalized spacial score (nSPS) is 15.7. The summed E-state index contributed by atoms with van der Waals surface area (Å²) >= 11 is 0. The van der Waals surface area contributed by atoms with Gasteiger partial charge in [0.15, 0.2) is 0 Å². The summed E-state index contributed by atoms with van der Waals surface area (Å²) in [5.74, 6) is 0.807. The van der Waals surface area contributed by atoms with E-state index in [0.717, 1.165) is 86.0 Å². The number of ether oxygens (including phenoxy) is 1. The van der Waals surface area contributed by atoms with Gasteiger partial charge in [-0.05, 0) is 69.0 Å². The number of rotatable bonds is 10. The van der Waals surface area contributed by atoms with Gasteiger partial charge < -0.3 is 15.4 Å². The highest BCUT2D eigenvalue weighted by atomic mass is 16.5. The number of carbonyl (C=O) groups is 1. The third-order valence-corrected chi connectivity index (χ3v) is 7.57. The Bertz CT molecular complexity index is 1490. The Balaban J connectivity index is 1.20. The predicted octanol–water partition coefficient (Wildman–Crippen LogP) is 5.55. The van der Waals surface area contributed by atoms with Gasteiger partial charge in [-0.2, -0.15) is 5.10 Å². The van der Waals surface area contributed by atoms with Crippen molar-refractivity contribution in [2.45, 2.75) is 39.2 Å². The predicted molar refractivity (Wildman–Crippen MR) is 161 cm³/mol. The fourth-order valence-electron chi connectivity index (χ4n) is 4.97. The Labute approximate surface area is 241 Å². The lowest BCUT2D eigenvalue weighted by Gasteiger charge is -2.26. The molecule has 3 heterocycles. The molecule has 0 spiro atoms. The molecule has 1 saturated heterocycles. The van der Waals surface area contributed by atoms with Crippen molar-refractivity contribution >= 4 is 23.2 Å². The Hall–Kier alpha value is -4.08. The summed E-state index contributed by atoms with van der Waals surface area (Å²) in [4.78, 5) is 24.0. The molecule has 0 bridgehead atoms. The number of amides is 1. The highest BCUT2D eigenvalue weighted by Gasteiger charge is 2.29. The molecule has 4 aromatic rings. The van der Waals surface area contributed by atoms with E-state index in [9.17, 15) is 4.79 Å². The van der Waals surface area contributed by atoms with Gasteiger partial charge in [-0.1, -0.05) is 24.3 Å². The summed E-state index contributed by atoms with van der Waals surface area (Å²) in [7, 11) is 0. The molecule has 2 N–H and O–H groups in total. The molecular formula is C32H37N7O2. The van der Waals surface area contributed by atoms with Crippen LogP contribution in [-0.2, 0) is 16.0 Å². The number of nitrogens with zero attached hydrogens (tertiary/aromatic N) is 5. The summed E-state index contributed by atoms with van der Waals surface area (Å²) in [5, 5.41) is 11.3. The molecule has 1 aliphatic heterocycles. The van der Waals surface area contributed by atoms with Crippen LogP contribution in [0.1, 0.15) is 38.3 Å². The summed E-state index contributed by atoms with van der Waals surface area (Å²) in [5.41, 5.74) is 6.56. The lowest BCUT2D eigenvalue weighted by Crippen LogP contribution is -2.37. The van der Waals surface area contributed by atoms with Crippen LogP contribution in [0.2, 0.25) is 0 Å². The third-order valence-electron chi connectivity index (χ3n) is 7.57. The molecule has 0 atom stereocenters. The molecule has 6 rings (SSSR count). The second-order valence-electron chi connectivity index (χ2n) is 11.1. The molecule has 0 unspecified atom stereocenters. The summed E-state index contributed by atoms with van der Waals surface area (Å²) < 4.78 is 7.42. The van der Waals surface area contributed by atoms with E-state index in [1.807, 2.05) is 47.3 Å². The van der Waals surface area contributed by atoms with Gasteiger partial charge in [0.25, 0.3) is 0 Å². The van der Waals surface area contributed by atoms with E-state index in [0.29, 0.717) is 5.95 Å². The molecule has 212 valence electrons. The van der Waals surface area contributed by atoms with Gasteiger partial charge in [0.1, 0.15) is 5.69 Å². The van der Waals surface area contributed by atoms with Crippen molar-refractivity contribution in [2.24, 2.45) is 5.92 Å². The largest absolute Gasteiger partial charge is 0.379 e. The van der Waals surface area contributed by atoms with Crippen LogP contribution in [0.5, 0.6) is 0 Å². The quantitative estimate of drug-likeness (QED) is 0.267. The van der Waals surface area contributed by atoms with Crippen molar-refractivity contribution in [1.82, 2.24) is 24.6 Å². The van der Waals surface area contributed by atoms with Crippen molar-refractivity contribution in [3.8, 4) is 22.5 Å². The van der Waals surface area contributed by atoms with Crippen LogP contribution in [0.4, 0.5) is 17.3 Å². The van der Waals surface area contributed by atoms with Gasteiger partial charge in [-0.15, -0.1) is 0 Å². The van der Waals surface area contributed by atoms with E-state index < -0.39 is 0 Å². The Morgan fingerprint density at radius 3 is 2.61 bits per heavy atom. The second-order valence-corrected chi connectivity index (χ2v) is 11.1. The van der Waals surface area contributed by atoms with Crippen molar-refractivity contribution in [3.05, 3.63) is 72.6 Å². The van der Waals surface area contributed by atoms with Crippen LogP contribution in [0.3, 0.4) is 0 Å². The van der Waals surface area contributed by atoms with Crippen molar-refractivity contribution in [2.75, 3.05) is 43.5 Å². The smallest absolute Gasteiger partial charge is 0.227 e. The van der Waals surface area contributed by atoms with Crippen LogP contribution in [0.15, 0.2) is 67.0 Å². The maximum atomic E-state index is 12.2. The fourth-order valence-corrected chi connectivity index (χ4v) is 4.97. The maximum absolute atomic E-state index is 12.2. The number of hydrogen-bond acceptors (Lipinski definition) is 7. The number of morpholine rings is 1. The summed E-state index contributed by atoms with van der Waals surface area (Å²) in [6.45, 7) is 8.86. The van der Waals surface area contributed by atoms with E-state index in [4.69, 9.17) is 14.8 Å². The standard InChI is InChI=1S/C32H37N7O2/c1-22(2)39-21-28(30(37-39)24-8-10-26(11-9-24)34-31(40)25-6-7-25)29-12-14-33-32(36-29)35-27-5-3-4-23(20-27)13-15-38-16-18-41-19-17-38/h3-5,8-12,14,20-22,25H,6-7,13,15-19H2,1-2H3,(H,34,40)(H,33,35,36). The molecule has 2 aromatic heterocycles. The number of aromatic nitrogens is 4. The van der Waals surface area contributed by atoms with Gasteiger partial charge in [0, 0.05) is 66.5 Å². The van der Waals surface area contributed by atoms with Gasteiger partial charge in [-0.25, -0.2) is 9.97 Å². The van der Waals surface area contributed by atoms with Gasteiger partial charge in [0.05, 0.1) is 18.9 Å². The van der Waals surface area contributed by atoms with E-state index in [2.05, 4.69) is 52.6 Å². The van der Waals surface area contributed by atoms with Crippen molar-refractivity contribution in [1.29, 1.82) is 0 Å². The first kappa shape index (κ1) is 27.1. The van der Waals surface area contributed by atoms with Crippen molar-refractivity contribution in [3.63, 3.8) is 0 Å². The number of anilines is 3. The van der Waals surface area contributed by atoms with E-state index >= 15 is 0 Å². The van der Waals surface area contributed by atoms with Crippen LogP contribution in [-0.4, -0.2) is 63.4 Å². The molecule has 1 saturated carbocycles. The topological polar surface area (TPSA) is 97.2 Å². The molecule has 1 amide bonds. The third kappa shape index (κ3) is 6.81. The average molecular weight is 552 g/mol. The zero-order chi connectivity index (χ0) is 28.2. The van der Waals surface area contributed by atoms with Gasteiger partial charge in [0.2, 0.25) is 11.9 Å². The molecule has 0 radical (unpaired) electrons. The number of benzene rings is 2. The molecule has 2 aromatic carbocycles. The molecule has 2 aliphatic rings. The number of nitrogens with one attached hydrogen (secondary N) is 2. The fraction of sp³-hybridized carbons (Fsp3) is 0.375. The van der Waals surface area contributed by atoms with Crippen LogP contribution in [0.25, 0.3) is 22.5 Å². The first-order valence-corrected chi connectivity index (χ1v) is 14.5. The monoisotopic (exact) mass is 551 g/mol. The molecule has 41 heavy (non-hydrogen) atoms. The number of carbonyl (C=O) groups excluding carboxylic acids is 1. The van der Waals surface area contributed by atoms with Crippen molar-refractivity contribution < 1.29 is 9.53 Å². The summed E-state index contributed by atoms with van der Waals surface area (Å²) in [6.07, 6.45) is 6.77. The highest BCUT2D eigenvalue weighted by Crippen LogP contribution is 2.33. The zero-order valence-corrected chi connectivity index (χ0v) is 23.7. The Morgan fingerprint density at radius 2 is 1.85 bits per heavy atom. The lowest BCUT2D eigenvalue weighted by atomic mass is 10.1. The van der Waals surface area contributed by atoms with Gasteiger partial charge >= 0.3 is 0 Å². The molecule has 9 heteroatoms. The second kappa shape index (κ2) is 12.2. The minimum absolute atomic E-state index is 0.103. The highest BCUT2D eigenvalue weighted by molar-refractivity contribution is 5.94. The average Bonchev–Trinajstić information content (AvgIpc) is 3.75. The zero-order valence-electron chi connectivity index (χ0n) is 23.7. The number of hydrogen-bond donors (Lipinski definition) is 2. The molecule has 9 nitrogen and oxygen atoms in total. The van der Waals surface area contributed by atoms with Crippen LogP contribution >= 0.6 is 0 Å². The Morgan fingerprint density at radius 1 is 1.05 bits per heavy atom. The van der Waals surface area contributed by atoms with Crippen LogP contribution < -0.4 is 10.6 Å². The Kier molecular flexibility index (Phi) is 8.07. The minimum atomic E-state index is 0.103. The van der Waals surface area contributed by atoms with Crippen LogP contribution in [0, 0.1) is 5.92 Å². The minimum Gasteiger partial charge on any atom is -0.379 e. The van der Waals surface area contributed by atoms with E-state index in [-0.39, 0.29) is 17.9 Å².